The third-order valence-electron chi connectivity index (χ3n) is 2.50. The minimum atomic E-state index is -0.0423. The Balaban J connectivity index is 2.33. The third kappa shape index (κ3) is 1.36. The number of aromatic nitrogens is 1. The lowest BCUT2D eigenvalue weighted by Gasteiger charge is -2.11. The van der Waals surface area contributed by atoms with Gasteiger partial charge in [-0.2, -0.15) is 0 Å². The van der Waals surface area contributed by atoms with Crippen molar-refractivity contribution in [2.75, 3.05) is 0 Å². The van der Waals surface area contributed by atoms with Crippen LogP contribution in [0.2, 0.25) is 0 Å². The number of aryl methyl sites for hydroxylation is 1. The molecule has 1 aliphatic heterocycles. The van der Waals surface area contributed by atoms with Crippen LogP contribution < -0.4 is 5.43 Å². The molecule has 3 rings (SSSR count). The van der Waals surface area contributed by atoms with Gasteiger partial charge in [0.15, 0.2) is 11.2 Å². The standard InChI is InChI=1S/C12H9NO2/c14-8-5-6-10-12(7-8)15-11-4-2-1-3-9(11)13-10/h1,3,5-7H,2,4H2. The fraction of sp³-hybridized carbons (Fsp3) is 0.167. The summed E-state index contributed by atoms with van der Waals surface area (Å²) in [6, 6.07) is 4.69. The molecule has 0 saturated heterocycles. The van der Waals surface area contributed by atoms with Crippen LogP contribution in [0.25, 0.3) is 17.5 Å². The van der Waals surface area contributed by atoms with Crippen molar-refractivity contribution in [2.45, 2.75) is 12.8 Å². The van der Waals surface area contributed by atoms with E-state index in [1.54, 1.807) is 6.07 Å². The highest BCUT2D eigenvalue weighted by Gasteiger charge is 2.14. The lowest BCUT2D eigenvalue weighted by molar-refractivity contribution is 0.493. The number of allylic oxidation sites excluding steroid dienone is 1. The minimum absolute atomic E-state index is 0.0423. The summed E-state index contributed by atoms with van der Waals surface area (Å²) in [6.45, 7) is 0. The zero-order valence-corrected chi connectivity index (χ0v) is 8.06. The lowest BCUT2D eigenvalue weighted by Crippen LogP contribution is -2.04. The van der Waals surface area contributed by atoms with Gasteiger partial charge in [0, 0.05) is 12.5 Å². The smallest absolute Gasteiger partial charge is 0.182 e. The maximum Gasteiger partial charge on any atom is 0.182 e. The van der Waals surface area contributed by atoms with Crippen molar-refractivity contribution < 1.29 is 4.42 Å². The molecule has 74 valence electrons. The first kappa shape index (κ1) is 8.41. The van der Waals surface area contributed by atoms with Crippen molar-refractivity contribution in [2.24, 2.45) is 0 Å². The second-order valence-electron chi connectivity index (χ2n) is 3.59. The van der Waals surface area contributed by atoms with Gasteiger partial charge in [0.2, 0.25) is 0 Å². The first-order valence-corrected chi connectivity index (χ1v) is 4.93. The Labute approximate surface area is 86.4 Å². The van der Waals surface area contributed by atoms with Gasteiger partial charge >= 0.3 is 0 Å². The molecule has 0 unspecified atom stereocenters. The fourth-order valence-electron chi connectivity index (χ4n) is 1.76. The van der Waals surface area contributed by atoms with Gasteiger partial charge in [0.25, 0.3) is 0 Å². The Morgan fingerprint density at radius 1 is 1.33 bits per heavy atom. The van der Waals surface area contributed by atoms with Gasteiger partial charge in [-0.05, 0) is 24.6 Å². The number of hydrogen-bond donors (Lipinski definition) is 0. The molecule has 3 nitrogen and oxygen atoms in total. The topological polar surface area (TPSA) is 43.1 Å². The zero-order chi connectivity index (χ0) is 10.3. The van der Waals surface area contributed by atoms with Gasteiger partial charge in [-0.3, -0.25) is 4.79 Å². The van der Waals surface area contributed by atoms with Crippen LogP contribution in [0.15, 0.2) is 33.5 Å². The second-order valence-corrected chi connectivity index (χ2v) is 3.59. The van der Waals surface area contributed by atoms with E-state index < -0.39 is 0 Å². The molecule has 0 bridgehead atoms. The molecule has 0 radical (unpaired) electrons. The average molecular weight is 199 g/mol. The van der Waals surface area contributed by atoms with Gasteiger partial charge in [0.05, 0.1) is 0 Å². The van der Waals surface area contributed by atoms with Crippen molar-refractivity contribution >= 4 is 6.08 Å². The van der Waals surface area contributed by atoms with Crippen molar-refractivity contribution in [3.63, 3.8) is 0 Å². The second kappa shape index (κ2) is 3.05. The SMILES string of the molecule is O=c1ccc2nc3c(oc-2c1)CCC=C3. The summed E-state index contributed by atoms with van der Waals surface area (Å²) in [4.78, 5) is 15.6. The summed E-state index contributed by atoms with van der Waals surface area (Å²) in [6.07, 6.45) is 5.88. The predicted octanol–water partition coefficient (Wildman–Crippen LogP) is 2.10. The molecular formula is C12H9NO2. The monoisotopic (exact) mass is 199 g/mol. The first-order chi connectivity index (χ1) is 7.33. The van der Waals surface area contributed by atoms with Gasteiger partial charge in [-0.25, -0.2) is 4.98 Å². The largest absolute Gasteiger partial charge is 0.457 e. The lowest BCUT2D eigenvalue weighted by atomic mass is 10.1. The summed E-state index contributed by atoms with van der Waals surface area (Å²) in [7, 11) is 0. The normalized spacial score (nSPS) is 14.1. The molecule has 0 aromatic carbocycles. The molecule has 0 fully saturated rings. The number of nitrogens with zero attached hydrogens (tertiary/aromatic N) is 1. The average Bonchev–Trinajstić information content (AvgIpc) is 2.26. The van der Waals surface area contributed by atoms with Gasteiger partial charge in [-0.1, -0.05) is 6.08 Å². The highest BCUT2D eigenvalue weighted by atomic mass is 16.3. The molecule has 0 aromatic heterocycles. The first-order valence-electron chi connectivity index (χ1n) is 4.93. The molecule has 0 amide bonds. The van der Waals surface area contributed by atoms with E-state index >= 15 is 0 Å². The molecule has 1 heterocycles. The van der Waals surface area contributed by atoms with E-state index in [1.807, 2.05) is 6.08 Å². The van der Waals surface area contributed by atoms with Crippen LogP contribution in [0.4, 0.5) is 0 Å². The Kier molecular flexibility index (Phi) is 1.71. The molecule has 0 aromatic rings. The quantitative estimate of drug-likeness (QED) is 0.652. The van der Waals surface area contributed by atoms with Crippen molar-refractivity contribution in [3.8, 4) is 11.5 Å². The zero-order valence-electron chi connectivity index (χ0n) is 8.06. The molecule has 0 saturated carbocycles. The van der Waals surface area contributed by atoms with Gasteiger partial charge in [-0.15, -0.1) is 0 Å². The molecule has 3 heteroatoms. The summed E-state index contributed by atoms with van der Waals surface area (Å²) >= 11 is 0. The van der Waals surface area contributed by atoms with Gasteiger partial charge in [0.1, 0.15) is 17.1 Å². The highest BCUT2D eigenvalue weighted by Crippen LogP contribution is 2.25. The van der Waals surface area contributed by atoms with E-state index in [-0.39, 0.29) is 5.43 Å². The fourth-order valence-corrected chi connectivity index (χ4v) is 1.76. The molecular weight excluding hydrogens is 190 g/mol. The number of benzene rings is 1. The van der Waals surface area contributed by atoms with Crippen molar-refractivity contribution in [1.82, 2.24) is 4.98 Å². The van der Waals surface area contributed by atoms with E-state index in [0.29, 0.717) is 5.76 Å². The van der Waals surface area contributed by atoms with Crippen LogP contribution in [0.5, 0.6) is 0 Å². The molecule has 3 aliphatic rings. The van der Waals surface area contributed by atoms with Crippen LogP contribution in [0.1, 0.15) is 17.9 Å². The van der Waals surface area contributed by atoms with Crippen LogP contribution in [0, 0.1) is 0 Å². The van der Waals surface area contributed by atoms with E-state index in [0.717, 1.165) is 30.0 Å². The number of fused-ring (bicyclic) bond motifs is 2. The Morgan fingerprint density at radius 3 is 3.20 bits per heavy atom. The van der Waals surface area contributed by atoms with Crippen molar-refractivity contribution in [3.05, 3.63) is 46.0 Å². The van der Waals surface area contributed by atoms with E-state index in [9.17, 15) is 4.79 Å². The Morgan fingerprint density at radius 2 is 2.27 bits per heavy atom. The maximum absolute atomic E-state index is 11.1. The summed E-state index contributed by atoms with van der Waals surface area (Å²) in [5.41, 5.74) is 1.58. The summed E-state index contributed by atoms with van der Waals surface area (Å²) in [5, 5.41) is 0. The molecule has 0 N–H and O–H groups in total. The van der Waals surface area contributed by atoms with Crippen LogP contribution in [-0.2, 0) is 6.42 Å². The molecule has 0 spiro atoms. The molecule has 15 heavy (non-hydrogen) atoms. The van der Waals surface area contributed by atoms with E-state index in [1.165, 1.54) is 12.1 Å². The number of hydrogen-bond acceptors (Lipinski definition) is 3. The Hall–Kier alpha value is -1.90. The third-order valence-corrected chi connectivity index (χ3v) is 2.50. The van der Waals surface area contributed by atoms with E-state index in [2.05, 4.69) is 11.1 Å². The van der Waals surface area contributed by atoms with Crippen LogP contribution in [-0.4, -0.2) is 4.98 Å². The predicted molar refractivity (Wildman–Crippen MR) is 56.8 cm³/mol. The summed E-state index contributed by atoms with van der Waals surface area (Å²) in [5.74, 6) is 1.45. The van der Waals surface area contributed by atoms with E-state index in [4.69, 9.17) is 4.42 Å². The number of rotatable bonds is 0. The highest BCUT2D eigenvalue weighted by molar-refractivity contribution is 5.58. The molecule has 0 atom stereocenters. The van der Waals surface area contributed by atoms with Gasteiger partial charge < -0.3 is 4.42 Å². The van der Waals surface area contributed by atoms with Crippen LogP contribution in [0.3, 0.4) is 0 Å². The molecule has 2 aliphatic carbocycles. The summed E-state index contributed by atoms with van der Waals surface area (Å²) < 4.78 is 5.65. The maximum atomic E-state index is 11.1. The Bertz CT molecular complexity index is 568. The minimum Gasteiger partial charge on any atom is -0.457 e. The van der Waals surface area contributed by atoms with Crippen molar-refractivity contribution in [1.29, 1.82) is 0 Å². The van der Waals surface area contributed by atoms with Crippen LogP contribution >= 0.6 is 0 Å².